The number of nitrogens with zero attached hydrogens (tertiary/aromatic N) is 6. The number of nitrogens with one attached hydrogen (secondary N) is 1. The maximum atomic E-state index is 12.3. The summed E-state index contributed by atoms with van der Waals surface area (Å²) in [5, 5.41) is 20.4. The molecule has 0 spiro atoms. The highest BCUT2D eigenvalue weighted by Gasteiger charge is 2.11. The molecule has 0 aliphatic carbocycles. The van der Waals surface area contributed by atoms with Crippen molar-refractivity contribution in [3.05, 3.63) is 88.1 Å². The minimum atomic E-state index is -0.237. The third-order valence-corrected chi connectivity index (χ3v) is 4.69. The molecule has 9 heteroatoms. The van der Waals surface area contributed by atoms with Gasteiger partial charge in [0.2, 0.25) is 0 Å². The van der Waals surface area contributed by atoms with Crippen LogP contribution in [0.3, 0.4) is 0 Å². The molecule has 4 aromatic rings. The molecule has 0 aliphatic heterocycles. The first-order chi connectivity index (χ1) is 13.3. The van der Waals surface area contributed by atoms with Crippen LogP contribution in [0.4, 0.5) is 0 Å². The second kappa shape index (κ2) is 7.92. The van der Waals surface area contributed by atoms with E-state index in [1.54, 1.807) is 4.68 Å². The molecule has 1 N–H and O–H groups in total. The lowest BCUT2D eigenvalue weighted by atomic mass is 10.1. The smallest absolute Gasteiger partial charge is 0.273 e. The summed E-state index contributed by atoms with van der Waals surface area (Å²) in [5.74, 6) is 1.10. The van der Waals surface area contributed by atoms with Gasteiger partial charge in [-0.25, -0.2) is 0 Å². The van der Waals surface area contributed by atoms with Crippen LogP contribution < -0.4 is 5.56 Å². The highest BCUT2D eigenvalue weighted by molar-refractivity contribution is 7.98. The molecule has 0 bridgehead atoms. The lowest BCUT2D eigenvalue weighted by molar-refractivity contribution is 0.767. The van der Waals surface area contributed by atoms with E-state index in [0.717, 1.165) is 11.3 Å². The molecule has 0 unspecified atom stereocenters. The van der Waals surface area contributed by atoms with Crippen LogP contribution in [0, 0.1) is 0 Å². The van der Waals surface area contributed by atoms with Crippen molar-refractivity contribution >= 4 is 11.8 Å². The van der Waals surface area contributed by atoms with Crippen molar-refractivity contribution in [3.63, 3.8) is 0 Å². The summed E-state index contributed by atoms with van der Waals surface area (Å²) in [6.45, 7) is 0. The third-order valence-electron chi connectivity index (χ3n) is 3.83. The maximum Gasteiger partial charge on any atom is 0.273 e. The standard InChI is InChI=1S/C18H15N7OS/c26-17-15(11-13-7-3-1-4-8-13)20-22-18(19-17)27-12-16-21-23-24-25(16)14-9-5-2-6-10-14/h1-10H,11-12H2,(H,19,22,26). The normalized spacial score (nSPS) is 10.8. The fourth-order valence-corrected chi connectivity index (χ4v) is 3.22. The van der Waals surface area contributed by atoms with E-state index in [4.69, 9.17) is 0 Å². The van der Waals surface area contributed by atoms with Crippen molar-refractivity contribution in [2.75, 3.05) is 0 Å². The summed E-state index contributed by atoms with van der Waals surface area (Å²) < 4.78 is 1.66. The average molecular weight is 377 g/mol. The van der Waals surface area contributed by atoms with Crippen LogP contribution in [0.15, 0.2) is 70.6 Å². The molecule has 0 atom stereocenters. The third kappa shape index (κ3) is 4.09. The van der Waals surface area contributed by atoms with Gasteiger partial charge in [0, 0.05) is 6.42 Å². The van der Waals surface area contributed by atoms with Gasteiger partial charge >= 0.3 is 0 Å². The maximum absolute atomic E-state index is 12.3. The molecule has 0 fully saturated rings. The van der Waals surface area contributed by atoms with Gasteiger partial charge in [0.1, 0.15) is 5.69 Å². The molecule has 27 heavy (non-hydrogen) atoms. The Morgan fingerprint density at radius 2 is 1.67 bits per heavy atom. The highest BCUT2D eigenvalue weighted by atomic mass is 32.2. The molecule has 0 radical (unpaired) electrons. The Bertz CT molecular complexity index is 1080. The van der Waals surface area contributed by atoms with E-state index in [2.05, 4.69) is 30.7 Å². The van der Waals surface area contributed by atoms with Gasteiger partial charge in [0.25, 0.3) is 5.56 Å². The summed E-state index contributed by atoms with van der Waals surface area (Å²) in [6.07, 6.45) is 0.445. The Labute approximate surface area is 158 Å². The first-order valence-corrected chi connectivity index (χ1v) is 9.23. The van der Waals surface area contributed by atoms with Crippen LogP contribution in [0.5, 0.6) is 0 Å². The predicted octanol–water partition coefficient (Wildman–Crippen LogP) is 2.02. The monoisotopic (exact) mass is 377 g/mol. The van der Waals surface area contributed by atoms with E-state index >= 15 is 0 Å². The topological polar surface area (TPSA) is 102 Å². The number of hydrogen-bond acceptors (Lipinski definition) is 7. The van der Waals surface area contributed by atoms with Crippen LogP contribution >= 0.6 is 11.8 Å². The van der Waals surface area contributed by atoms with Gasteiger partial charge in [-0.15, -0.1) is 15.3 Å². The van der Waals surface area contributed by atoms with Gasteiger partial charge in [0.15, 0.2) is 11.0 Å². The van der Waals surface area contributed by atoms with Crippen molar-refractivity contribution in [3.8, 4) is 5.69 Å². The van der Waals surface area contributed by atoms with Crippen LogP contribution in [-0.4, -0.2) is 35.4 Å². The number of H-pyrrole nitrogens is 1. The molecule has 0 saturated heterocycles. The molecular weight excluding hydrogens is 362 g/mol. The lowest BCUT2D eigenvalue weighted by Crippen LogP contribution is -2.18. The van der Waals surface area contributed by atoms with Gasteiger partial charge in [0.05, 0.1) is 11.4 Å². The van der Waals surface area contributed by atoms with Gasteiger partial charge in [-0.1, -0.05) is 60.3 Å². The molecule has 2 heterocycles. The molecule has 2 aromatic carbocycles. The van der Waals surface area contributed by atoms with E-state index in [1.165, 1.54) is 11.8 Å². The lowest BCUT2D eigenvalue weighted by Gasteiger charge is -2.04. The number of aromatic amines is 1. The fourth-order valence-electron chi connectivity index (χ4n) is 2.51. The Hall–Kier alpha value is -3.33. The summed E-state index contributed by atoms with van der Waals surface area (Å²) in [6, 6.07) is 19.3. The average Bonchev–Trinajstić information content (AvgIpc) is 3.18. The number of thioether (sulfide) groups is 1. The molecular formula is C18H15N7OS. The first kappa shape index (κ1) is 17.1. The molecule has 2 aromatic heterocycles. The van der Waals surface area contributed by atoms with Crippen molar-refractivity contribution in [1.29, 1.82) is 0 Å². The minimum Gasteiger partial charge on any atom is -0.298 e. The van der Waals surface area contributed by atoms with Crippen LogP contribution in [-0.2, 0) is 12.2 Å². The summed E-state index contributed by atoms with van der Waals surface area (Å²) >= 11 is 1.32. The van der Waals surface area contributed by atoms with E-state index < -0.39 is 0 Å². The second-order valence-corrected chi connectivity index (χ2v) is 6.66. The number of para-hydroxylation sites is 1. The summed E-state index contributed by atoms with van der Waals surface area (Å²) in [5.41, 5.74) is 2.04. The number of rotatable bonds is 6. The number of hydrogen-bond donors (Lipinski definition) is 1. The molecule has 134 valence electrons. The Morgan fingerprint density at radius 1 is 0.926 bits per heavy atom. The van der Waals surface area contributed by atoms with Gasteiger partial charge in [-0.2, -0.15) is 4.68 Å². The van der Waals surface area contributed by atoms with Crippen LogP contribution in [0.25, 0.3) is 5.69 Å². The molecule has 4 rings (SSSR count). The Balaban J connectivity index is 1.46. The van der Waals surface area contributed by atoms with Gasteiger partial charge in [-0.05, 0) is 28.1 Å². The molecule has 0 saturated carbocycles. The van der Waals surface area contributed by atoms with Crippen molar-refractivity contribution < 1.29 is 0 Å². The molecule has 0 aliphatic rings. The predicted molar refractivity (Wildman–Crippen MR) is 101 cm³/mol. The largest absolute Gasteiger partial charge is 0.298 e. The van der Waals surface area contributed by atoms with Crippen molar-refractivity contribution in [1.82, 2.24) is 35.4 Å². The van der Waals surface area contributed by atoms with Gasteiger partial charge < -0.3 is 0 Å². The summed E-state index contributed by atoms with van der Waals surface area (Å²) in [4.78, 5) is 15.1. The summed E-state index contributed by atoms with van der Waals surface area (Å²) in [7, 11) is 0. The van der Waals surface area contributed by atoms with E-state index in [9.17, 15) is 4.79 Å². The Kier molecular flexibility index (Phi) is 5.01. The van der Waals surface area contributed by atoms with Crippen LogP contribution in [0.2, 0.25) is 0 Å². The number of tetrazole rings is 1. The first-order valence-electron chi connectivity index (χ1n) is 8.25. The molecule has 8 nitrogen and oxygen atoms in total. The number of aromatic nitrogens is 7. The van der Waals surface area contributed by atoms with E-state index in [0.29, 0.717) is 28.8 Å². The zero-order chi connectivity index (χ0) is 18.5. The SMILES string of the molecule is O=c1[nH]c(SCc2nnnn2-c2ccccc2)nnc1Cc1ccccc1. The van der Waals surface area contributed by atoms with Gasteiger partial charge in [-0.3, -0.25) is 9.78 Å². The van der Waals surface area contributed by atoms with E-state index in [-0.39, 0.29) is 5.56 Å². The van der Waals surface area contributed by atoms with Crippen molar-refractivity contribution in [2.45, 2.75) is 17.3 Å². The van der Waals surface area contributed by atoms with Crippen LogP contribution in [0.1, 0.15) is 17.1 Å². The quantitative estimate of drug-likeness (QED) is 0.513. The van der Waals surface area contributed by atoms with E-state index in [1.807, 2.05) is 60.7 Å². The Morgan fingerprint density at radius 3 is 2.41 bits per heavy atom. The number of benzene rings is 2. The fraction of sp³-hybridized carbons (Fsp3) is 0.111. The zero-order valence-corrected chi connectivity index (χ0v) is 15.0. The highest BCUT2D eigenvalue weighted by Crippen LogP contribution is 2.18. The second-order valence-electron chi connectivity index (χ2n) is 5.70. The molecule has 0 amide bonds. The van der Waals surface area contributed by atoms with Crippen molar-refractivity contribution in [2.24, 2.45) is 0 Å². The minimum absolute atomic E-state index is 0.237. The zero-order valence-electron chi connectivity index (χ0n) is 14.2.